The van der Waals surface area contributed by atoms with Crippen molar-refractivity contribution in [2.45, 2.75) is 32.7 Å². The molecular weight excluding hydrogens is 352 g/mol. The predicted molar refractivity (Wildman–Crippen MR) is 99.6 cm³/mol. The summed E-state index contributed by atoms with van der Waals surface area (Å²) in [4.78, 5) is 9.02. The maximum absolute atomic E-state index is 12.2. The van der Waals surface area contributed by atoms with Gasteiger partial charge in [0.15, 0.2) is 0 Å². The van der Waals surface area contributed by atoms with E-state index in [9.17, 15) is 8.42 Å². The molecule has 0 unspecified atom stereocenters. The van der Waals surface area contributed by atoms with Crippen LogP contribution in [0.3, 0.4) is 0 Å². The Hall–Kier alpha value is -1.84. The number of aromatic nitrogens is 4. The lowest BCUT2D eigenvalue weighted by Crippen LogP contribution is -2.38. The van der Waals surface area contributed by atoms with Gasteiger partial charge < -0.3 is 0 Å². The molecule has 3 rings (SSSR count). The summed E-state index contributed by atoms with van der Waals surface area (Å²) in [5.74, 6) is 0.272. The first kappa shape index (κ1) is 18.9. The van der Waals surface area contributed by atoms with Gasteiger partial charge in [-0.15, -0.1) is 0 Å². The molecule has 142 valence electrons. The van der Waals surface area contributed by atoms with Crippen molar-refractivity contribution in [3.05, 3.63) is 30.5 Å². The molecule has 1 atom stereocenters. The zero-order valence-electron chi connectivity index (χ0n) is 15.7. The van der Waals surface area contributed by atoms with Gasteiger partial charge in [-0.25, -0.2) is 0 Å². The van der Waals surface area contributed by atoms with Crippen molar-refractivity contribution in [3.63, 3.8) is 0 Å². The van der Waals surface area contributed by atoms with Gasteiger partial charge in [-0.3, -0.25) is 14.6 Å². The largest absolute Gasteiger partial charge is 0.281 e. The zero-order chi connectivity index (χ0) is 18.9. The Labute approximate surface area is 155 Å². The molecule has 0 bridgehead atoms. The van der Waals surface area contributed by atoms with Gasteiger partial charge in [-0.05, 0) is 32.6 Å². The highest BCUT2D eigenvalue weighted by molar-refractivity contribution is 7.86. The SMILES string of the molecule is CC(C)n1cc(-c2cnc(C[C@H]3CCN(S(=O)(=O)N(C)C)C3)cn2)cn1. The minimum Gasteiger partial charge on any atom is -0.270 e. The van der Waals surface area contributed by atoms with Crippen molar-refractivity contribution >= 4 is 10.2 Å². The number of hydrogen-bond acceptors (Lipinski definition) is 5. The van der Waals surface area contributed by atoms with Gasteiger partial charge in [0, 0.05) is 51.2 Å². The van der Waals surface area contributed by atoms with E-state index in [2.05, 4.69) is 28.9 Å². The monoisotopic (exact) mass is 378 g/mol. The second-order valence-electron chi connectivity index (χ2n) is 7.20. The summed E-state index contributed by atoms with van der Waals surface area (Å²) in [6.07, 6.45) is 8.89. The lowest BCUT2D eigenvalue weighted by molar-refractivity contribution is 0.409. The van der Waals surface area contributed by atoms with Gasteiger partial charge in [0.05, 0.1) is 23.8 Å². The normalized spacial score (nSPS) is 18.9. The molecule has 1 aliphatic heterocycles. The maximum Gasteiger partial charge on any atom is 0.281 e. The molecule has 2 aromatic heterocycles. The minimum atomic E-state index is -3.33. The molecule has 1 aliphatic rings. The second kappa shape index (κ2) is 7.42. The first-order chi connectivity index (χ1) is 12.3. The molecule has 0 amide bonds. The second-order valence-corrected chi connectivity index (χ2v) is 9.35. The smallest absolute Gasteiger partial charge is 0.270 e. The van der Waals surface area contributed by atoms with E-state index in [4.69, 9.17) is 0 Å². The van der Waals surface area contributed by atoms with Gasteiger partial charge in [0.1, 0.15) is 0 Å². The molecule has 3 heterocycles. The molecule has 9 heteroatoms. The first-order valence-electron chi connectivity index (χ1n) is 8.80. The summed E-state index contributed by atoms with van der Waals surface area (Å²) in [6.45, 7) is 5.25. The van der Waals surface area contributed by atoms with E-state index in [0.29, 0.717) is 19.1 Å². The summed E-state index contributed by atoms with van der Waals surface area (Å²) in [7, 11) is -0.200. The van der Waals surface area contributed by atoms with Gasteiger partial charge in [0.25, 0.3) is 10.2 Å². The molecule has 0 aromatic carbocycles. The summed E-state index contributed by atoms with van der Waals surface area (Å²) in [6, 6.07) is 0.305. The highest BCUT2D eigenvalue weighted by Crippen LogP contribution is 2.24. The van der Waals surface area contributed by atoms with Crippen molar-refractivity contribution in [2.24, 2.45) is 5.92 Å². The van der Waals surface area contributed by atoms with Crippen LogP contribution in [0.1, 0.15) is 32.0 Å². The molecule has 1 fully saturated rings. The van der Waals surface area contributed by atoms with E-state index >= 15 is 0 Å². The average Bonchev–Trinajstić information content (AvgIpc) is 3.25. The van der Waals surface area contributed by atoms with Crippen LogP contribution in [-0.4, -0.2) is 64.0 Å². The summed E-state index contributed by atoms with van der Waals surface area (Å²) in [5, 5.41) is 4.33. The fourth-order valence-electron chi connectivity index (χ4n) is 3.06. The lowest BCUT2D eigenvalue weighted by atomic mass is 10.0. The van der Waals surface area contributed by atoms with Gasteiger partial charge in [-0.2, -0.15) is 22.1 Å². The Kier molecular flexibility index (Phi) is 5.40. The third kappa shape index (κ3) is 3.94. The molecular formula is C17H26N6O2S. The van der Waals surface area contributed by atoms with Crippen molar-refractivity contribution in [3.8, 4) is 11.3 Å². The van der Waals surface area contributed by atoms with Crippen LogP contribution in [0.5, 0.6) is 0 Å². The molecule has 8 nitrogen and oxygen atoms in total. The molecule has 0 aliphatic carbocycles. The van der Waals surface area contributed by atoms with Crippen LogP contribution in [0, 0.1) is 5.92 Å². The van der Waals surface area contributed by atoms with Crippen molar-refractivity contribution in [1.82, 2.24) is 28.4 Å². The standard InChI is InChI=1S/C17H26N6O2S/c1-13(2)23-12-15(8-20-23)17-10-18-16(9-19-17)7-14-5-6-22(11-14)26(24,25)21(3)4/h8-10,12-14H,5-7,11H2,1-4H3/t14-/m1/s1. The number of nitrogens with zero attached hydrogens (tertiary/aromatic N) is 6. The fraction of sp³-hybridized carbons (Fsp3) is 0.588. The van der Waals surface area contributed by atoms with E-state index < -0.39 is 10.2 Å². The van der Waals surface area contributed by atoms with Crippen LogP contribution in [0.25, 0.3) is 11.3 Å². The number of rotatable bonds is 6. The topological polar surface area (TPSA) is 84.2 Å². The van der Waals surface area contributed by atoms with Crippen LogP contribution in [0.2, 0.25) is 0 Å². The van der Waals surface area contributed by atoms with E-state index in [0.717, 1.165) is 29.8 Å². The third-order valence-corrected chi connectivity index (χ3v) is 6.57. The molecule has 1 saturated heterocycles. The van der Waals surface area contributed by atoms with Crippen LogP contribution in [0.4, 0.5) is 0 Å². The summed E-state index contributed by atoms with van der Waals surface area (Å²) >= 11 is 0. The third-order valence-electron chi connectivity index (χ3n) is 4.67. The van der Waals surface area contributed by atoms with Crippen molar-refractivity contribution in [1.29, 1.82) is 0 Å². The highest BCUT2D eigenvalue weighted by Gasteiger charge is 2.32. The quantitative estimate of drug-likeness (QED) is 0.762. The van der Waals surface area contributed by atoms with Gasteiger partial charge in [-0.1, -0.05) is 0 Å². The van der Waals surface area contributed by atoms with Crippen molar-refractivity contribution < 1.29 is 8.42 Å². The molecule has 2 aromatic rings. The predicted octanol–water partition coefficient (Wildman–Crippen LogP) is 1.59. The molecule has 0 radical (unpaired) electrons. The summed E-state index contributed by atoms with van der Waals surface area (Å²) < 4.78 is 29.1. The summed E-state index contributed by atoms with van der Waals surface area (Å²) in [5.41, 5.74) is 2.63. The van der Waals surface area contributed by atoms with Crippen molar-refractivity contribution in [2.75, 3.05) is 27.2 Å². The zero-order valence-corrected chi connectivity index (χ0v) is 16.5. The van der Waals surface area contributed by atoms with Gasteiger partial charge in [0.2, 0.25) is 0 Å². The Bertz CT molecular complexity index is 844. The Morgan fingerprint density at radius 3 is 2.58 bits per heavy atom. The molecule has 0 N–H and O–H groups in total. The van der Waals surface area contributed by atoms with E-state index in [-0.39, 0.29) is 5.92 Å². The molecule has 26 heavy (non-hydrogen) atoms. The van der Waals surface area contributed by atoms with Gasteiger partial charge >= 0.3 is 0 Å². The van der Waals surface area contributed by atoms with Crippen LogP contribution in [0.15, 0.2) is 24.8 Å². The maximum atomic E-state index is 12.2. The van der Waals surface area contributed by atoms with Crippen LogP contribution in [-0.2, 0) is 16.6 Å². The lowest BCUT2D eigenvalue weighted by Gasteiger charge is -2.20. The minimum absolute atomic E-state index is 0.272. The highest BCUT2D eigenvalue weighted by atomic mass is 32.2. The fourth-order valence-corrected chi connectivity index (χ4v) is 4.26. The van der Waals surface area contributed by atoms with E-state index in [1.807, 2.05) is 10.9 Å². The van der Waals surface area contributed by atoms with Crippen LogP contribution < -0.4 is 0 Å². The molecule has 0 saturated carbocycles. The van der Waals surface area contributed by atoms with E-state index in [1.165, 1.54) is 4.31 Å². The Morgan fingerprint density at radius 2 is 2.00 bits per heavy atom. The Morgan fingerprint density at radius 1 is 1.23 bits per heavy atom. The average molecular weight is 379 g/mol. The first-order valence-corrected chi connectivity index (χ1v) is 10.2. The van der Waals surface area contributed by atoms with Crippen LogP contribution >= 0.6 is 0 Å². The van der Waals surface area contributed by atoms with E-state index in [1.54, 1.807) is 37.0 Å². The Balaban J connectivity index is 1.63. The number of hydrogen-bond donors (Lipinski definition) is 0. The molecule has 0 spiro atoms.